The van der Waals surface area contributed by atoms with Crippen LogP contribution in [0, 0.1) is 0 Å². The van der Waals surface area contributed by atoms with Crippen molar-refractivity contribution in [3.63, 3.8) is 0 Å². The molecule has 1 heterocycles. The number of carbonyl (C=O) groups is 1. The predicted octanol–water partition coefficient (Wildman–Crippen LogP) is 5.78. The molecule has 1 amide bonds. The molecule has 4 heteroatoms. The fourth-order valence-electron chi connectivity index (χ4n) is 3.67. The second-order valence-electron chi connectivity index (χ2n) is 7.74. The standard InChI is InChI=1S/C16H24N2O2.C8H18/c1-3-4-7-11-18-14-9-6-5-8-13(14)17(2)15(10-12-19)16(18)20;1-3-5-7-8-6-4-2/h5-6,8-9,15,19H,3-4,7,10-12H2,1-2H3;3-8H2,1-2H3. The lowest BCUT2D eigenvalue weighted by molar-refractivity contribution is -0.120. The molecule has 0 saturated carbocycles. The molecule has 1 aromatic carbocycles. The predicted molar refractivity (Wildman–Crippen MR) is 121 cm³/mol. The number of rotatable bonds is 11. The summed E-state index contributed by atoms with van der Waals surface area (Å²) < 4.78 is 0. The number of para-hydroxylation sites is 2. The maximum Gasteiger partial charge on any atom is 0.249 e. The summed E-state index contributed by atoms with van der Waals surface area (Å²) in [5.74, 6) is 0.108. The maximum atomic E-state index is 12.7. The summed E-state index contributed by atoms with van der Waals surface area (Å²) in [4.78, 5) is 16.5. The van der Waals surface area contributed by atoms with Gasteiger partial charge in [-0.25, -0.2) is 0 Å². The van der Waals surface area contributed by atoms with Gasteiger partial charge in [0.2, 0.25) is 5.91 Å². The maximum absolute atomic E-state index is 12.7. The fraction of sp³-hybridized carbons (Fsp3) is 0.708. The Kier molecular flexibility index (Phi) is 12.6. The number of anilines is 2. The number of benzene rings is 1. The van der Waals surface area contributed by atoms with Crippen LogP contribution in [0.25, 0.3) is 0 Å². The lowest BCUT2D eigenvalue weighted by atomic mass is 10.0. The van der Waals surface area contributed by atoms with Crippen LogP contribution in [-0.4, -0.2) is 37.3 Å². The molecule has 0 radical (unpaired) electrons. The number of hydrogen-bond donors (Lipinski definition) is 1. The summed E-state index contributed by atoms with van der Waals surface area (Å²) in [6.07, 6.45) is 12.3. The van der Waals surface area contributed by atoms with Crippen molar-refractivity contribution in [1.82, 2.24) is 0 Å². The lowest BCUT2D eigenvalue weighted by Gasteiger charge is -2.41. The van der Waals surface area contributed by atoms with Crippen LogP contribution in [0.4, 0.5) is 11.4 Å². The van der Waals surface area contributed by atoms with E-state index < -0.39 is 0 Å². The van der Waals surface area contributed by atoms with Crippen LogP contribution in [0.1, 0.15) is 85.0 Å². The lowest BCUT2D eigenvalue weighted by Crippen LogP contribution is -2.52. The van der Waals surface area contributed by atoms with E-state index in [1.54, 1.807) is 0 Å². The van der Waals surface area contributed by atoms with Crippen molar-refractivity contribution in [3.05, 3.63) is 24.3 Å². The Morgan fingerprint density at radius 2 is 1.39 bits per heavy atom. The molecular weight excluding hydrogens is 348 g/mol. The van der Waals surface area contributed by atoms with Crippen LogP contribution in [0.2, 0.25) is 0 Å². The number of unbranched alkanes of at least 4 members (excludes halogenated alkanes) is 7. The Labute approximate surface area is 172 Å². The first kappa shape index (κ1) is 24.5. The van der Waals surface area contributed by atoms with E-state index in [4.69, 9.17) is 0 Å². The van der Waals surface area contributed by atoms with Crippen molar-refractivity contribution < 1.29 is 9.90 Å². The number of fused-ring (bicyclic) bond motifs is 1. The van der Waals surface area contributed by atoms with Crippen LogP contribution in [0.5, 0.6) is 0 Å². The van der Waals surface area contributed by atoms with Crippen LogP contribution < -0.4 is 9.80 Å². The summed E-state index contributed by atoms with van der Waals surface area (Å²) in [5.41, 5.74) is 2.06. The molecular formula is C24H42N2O2. The van der Waals surface area contributed by atoms with Crippen molar-refractivity contribution in [2.24, 2.45) is 0 Å². The Bertz CT molecular complexity index is 541. The molecule has 0 bridgehead atoms. The van der Waals surface area contributed by atoms with Crippen molar-refractivity contribution in [2.45, 2.75) is 91.0 Å². The molecule has 1 aliphatic rings. The highest BCUT2D eigenvalue weighted by Crippen LogP contribution is 2.35. The monoisotopic (exact) mass is 390 g/mol. The summed E-state index contributed by atoms with van der Waals surface area (Å²) in [6.45, 7) is 7.47. The van der Waals surface area contributed by atoms with E-state index in [9.17, 15) is 9.90 Å². The van der Waals surface area contributed by atoms with Crippen LogP contribution in [0.3, 0.4) is 0 Å². The van der Waals surface area contributed by atoms with Gasteiger partial charge in [0.25, 0.3) is 0 Å². The molecule has 1 N–H and O–H groups in total. The average Bonchev–Trinajstić information content (AvgIpc) is 2.72. The van der Waals surface area contributed by atoms with Gasteiger partial charge in [-0.05, 0) is 25.0 Å². The number of likely N-dealkylation sites (N-methyl/N-ethyl adjacent to an activating group) is 1. The van der Waals surface area contributed by atoms with Gasteiger partial charge in [0.05, 0.1) is 11.4 Å². The molecule has 1 aliphatic heterocycles. The molecule has 0 spiro atoms. The van der Waals surface area contributed by atoms with Gasteiger partial charge in [-0.3, -0.25) is 4.79 Å². The minimum absolute atomic E-state index is 0.0334. The third-order valence-corrected chi connectivity index (χ3v) is 5.42. The van der Waals surface area contributed by atoms with Gasteiger partial charge in [0, 0.05) is 20.2 Å². The zero-order valence-electron chi connectivity index (χ0n) is 18.6. The smallest absolute Gasteiger partial charge is 0.249 e. The molecule has 0 saturated heterocycles. The van der Waals surface area contributed by atoms with E-state index in [1.807, 2.05) is 41.1 Å². The van der Waals surface area contributed by atoms with Gasteiger partial charge in [0.1, 0.15) is 6.04 Å². The number of carbonyl (C=O) groups excluding carboxylic acids is 1. The SMILES string of the molecule is CCCCCCCC.CCCCCN1C(=O)C(CCO)N(C)c2ccccc21. The Balaban J connectivity index is 0.000000416. The second-order valence-corrected chi connectivity index (χ2v) is 7.74. The number of amides is 1. The third-order valence-electron chi connectivity index (χ3n) is 5.42. The highest BCUT2D eigenvalue weighted by atomic mass is 16.3. The molecule has 0 aliphatic carbocycles. The van der Waals surface area contributed by atoms with E-state index in [0.29, 0.717) is 6.42 Å². The van der Waals surface area contributed by atoms with Crippen LogP contribution in [0.15, 0.2) is 24.3 Å². The highest BCUT2D eigenvalue weighted by molar-refractivity contribution is 6.05. The van der Waals surface area contributed by atoms with Gasteiger partial charge in [0.15, 0.2) is 0 Å². The molecule has 28 heavy (non-hydrogen) atoms. The van der Waals surface area contributed by atoms with Gasteiger partial charge in [-0.1, -0.05) is 84.3 Å². The number of aliphatic hydroxyl groups excluding tert-OH is 1. The van der Waals surface area contributed by atoms with Crippen molar-refractivity contribution in [2.75, 3.05) is 30.0 Å². The second kappa shape index (κ2) is 14.4. The molecule has 1 unspecified atom stereocenters. The number of nitrogens with zero attached hydrogens (tertiary/aromatic N) is 2. The third kappa shape index (κ3) is 7.46. The van der Waals surface area contributed by atoms with Crippen LogP contribution in [-0.2, 0) is 4.79 Å². The summed E-state index contributed by atoms with van der Waals surface area (Å²) in [6, 6.07) is 7.76. The molecule has 1 atom stereocenters. The van der Waals surface area contributed by atoms with E-state index in [-0.39, 0.29) is 18.6 Å². The van der Waals surface area contributed by atoms with E-state index in [2.05, 4.69) is 20.8 Å². The van der Waals surface area contributed by atoms with Gasteiger partial charge < -0.3 is 14.9 Å². The Hall–Kier alpha value is -1.55. The molecule has 0 aromatic heterocycles. The quantitative estimate of drug-likeness (QED) is 0.487. The minimum Gasteiger partial charge on any atom is -0.396 e. The Morgan fingerprint density at radius 1 is 0.857 bits per heavy atom. The normalized spacial score (nSPS) is 15.9. The van der Waals surface area contributed by atoms with Crippen molar-refractivity contribution in [1.29, 1.82) is 0 Å². The minimum atomic E-state index is -0.253. The number of aliphatic hydroxyl groups is 1. The molecule has 1 aromatic rings. The van der Waals surface area contributed by atoms with Crippen molar-refractivity contribution in [3.8, 4) is 0 Å². The van der Waals surface area contributed by atoms with Gasteiger partial charge in [-0.15, -0.1) is 0 Å². The summed E-state index contributed by atoms with van der Waals surface area (Å²) >= 11 is 0. The zero-order chi connectivity index (χ0) is 20.8. The molecule has 2 rings (SSSR count). The summed E-state index contributed by atoms with van der Waals surface area (Å²) in [7, 11) is 1.93. The zero-order valence-corrected chi connectivity index (χ0v) is 18.6. The molecule has 0 fully saturated rings. The first-order valence-electron chi connectivity index (χ1n) is 11.4. The summed E-state index contributed by atoms with van der Waals surface area (Å²) in [5, 5.41) is 9.21. The van der Waals surface area contributed by atoms with Crippen molar-refractivity contribution >= 4 is 17.3 Å². The highest BCUT2D eigenvalue weighted by Gasteiger charge is 2.35. The fourth-order valence-corrected chi connectivity index (χ4v) is 3.67. The largest absolute Gasteiger partial charge is 0.396 e. The van der Waals surface area contributed by atoms with E-state index >= 15 is 0 Å². The average molecular weight is 391 g/mol. The topological polar surface area (TPSA) is 43.8 Å². The van der Waals surface area contributed by atoms with Gasteiger partial charge >= 0.3 is 0 Å². The van der Waals surface area contributed by atoms with E-state index in [1.165, 1.54) is 38.5 Å². The Morgan fingerprint density at radius 3 is 1.93 bits per heavy atom. The van der Waals surface area contributed by atoms with E-state index in [0.717, 1.165) is 37.2 Å². The van der Waals surface area contributed by atoms with Gasteiger partial charge in [-0.2, -0.15) is 0 Å². The van der Waals surface area contributed by atoms with Crippen LogP contribution >= 0.6 is 0 Å². The first-order valence-corrected chi connectivity index (χ1v) is 11.4. The first-order chi connectivity index (χ1) is 13.6. The number of hydrogen-bond acceptors (Lipinski definition) is 3. The molecule has 4 nitrogen and oxygen atoms in total. The molecule has 160 valence electrons.